The summed E-state index contributed by atoms with van der Waals surface area (Å²) in [5.41, 5.74) is 3.37. The zero-order valence-corrected chi connectivity index (χ0v) is 16.0. The molecule has 0 unspecified atom stereocenters. The van der Waals surface area contributed by atoms with Crippen LogP contribution in [0.5, 0.6) is 0 Å². The number of hydrazine groups is 1. The molecule has 25 heavy (non-hydrogen) atoms. The van der Waals surface area contributed by atoms with E-state index in [9.17, 15) is 0 Å². The Labute approximate surface area is 165 Å². The summed E-state index contributed by atoms with van der Waals surface area (Å²) in [6.45, 7) is 2.87. The van der Waals surface area contributed by atoms with Crippen LogP contribution in [0.3, 0.4) is 0 Å². The van der Waals surface area contributed by atoms with Crippen molar-refractivity contribution in [3.63, 3.8) is 0 Å². The molecular formula is C14H15Cl4N7. The van der Waals surface area contributed by atoms with Crippen LogP contribution in [0, 0.1) is 0 Å². The van der Waals surface area contributed by atoms with Gasteiger partial charge in [0.2, 0.25) is 15.7 Å². The average Bonchev–Trinajstić information content (AvgIpc) is 2.61. The largest absolute Gasteiger partial charge is 0.367 e. The van der Waals surface area contributed by atoms with Gasteiger partial charge in [0.25, 0.3) is 0 Å². The minimum Gasteiger partial charge on any atom is -0.367 e. The van der Waals surface area contributed by atoms with Crippen LogP contribution in [0.15, 0.2) is 24.3 Å². The number of aromatic nitrogens is 3. The van der Waals surface area contributed by atoms with Gasteiger partial charge in [0.1, 0.15) is 0 Å². The highest BCUT2D eigenvalue weighted by atomic mass is 35.6. The van der Waals surface area contributed by atoms with E-state index in [1.165, 1.54) is 0 Å². The van der Waals surface area contributed by atoms with Gasteiger partial charge in [-0.1, -0.05) is 58.5 Å². The van der Waals surface area contributed by atoms with Crippen molar-refractivity contribution in [3.8, 4) is 0 Å². The topological polar surface area (TPSA) is 83.2 Å². The monoisotopic (exact) mass is 421 g/mol. The highest BCUT2D eigenvalue weighted by Gasteiger charge is 2.30. The lowest BCUT2D eigenvalue weighted by Gasteiger charge is -2.36. The Hall–Kier alpha value is -1.25. The molecule has 2 heterocycles. The molecule has 3 N–H and O–H groups in total. The van der Waals surface area contributed by atoms with E-state index in [-0.39, 0.29) is 11.8 Å². The van der Waals surface area contributed by atoms with Crippen molar-refractivity contribution in [2.45, 2.75) is 3.79 Å². The first-order chi connectivity index (χ1) is 11.9. The van der Waals surface area contributed by atoms with Crippen molar-refractivity contribution >= 4 is 64.0 Å². The lowest BCUT2D eigenvalue weighted by Crippen LogP contribution is -2.47. The predicted octanol–water partition coefficient (Wildman–Crippen LogP) is 2.96. The van der Waals surface area contributed by atoms with E-state index in [0.717, 1.165) is 23.8 Å². The van der Waals surface area contributed by atoms with Crippen molar-refractivity contribution in [3.05, 3.63) is 35.1 Å². The second-order valence-electron chi connectivity index (χ2n) is 5.35. The number of halogens is 4. The fourth-order valence-electron chi connectivity index (χ4n) is 2.55. The number of hydrogen-bond acceptors (Lipinski definition) is 7. The van der Waals surface area contributed by atoms with Gasteiger partial charge in [-0.05, 0) is 12.1 Å². The Morgan fingerprint density at radius 1 is 0.960 bits per heavy atom. The summed E-state index contributed by atoms with van der Waals surface area (Å²) >= 11 is 23.9. The van der Waals surface area contributed by atoms with Gasteiger partial charge >= 0.3 is 0 Å². The lowest BCUT2D eigenvalue weighted by atomic mass is 10.2. The minimum absolute atomic E-state index is 0.0176. The molecule has 1 fully saturated rings. The number of nitrogens with two attached hydrogens (primary N) is 1. The first kappa shape index (κ1) is 18.5. The van der Waals surface area contributed by atoms with Crippen LogP contribution < -0.4 is 21.1 Å². The van der Waals surface area contributed by atoms with Crippen LogP contribution >= 0.6 is 46.4 Å². The fourth-order valence-corrected chi connectivity index (χ4v) is 3.06. The molecule has 1 aromatic carbocycles. The van der Waals surface area contributed by atoms with Crippen LogP contribution in [-0.2, 0) is 3.79 Å². The number of rotatable bonds is 3. The smallest absolute Gasteiger partial charge is 0.250 e. The van der Waals surface area contributed by atoms with Crippen LogP contribution in [0.2, 0.25) is 5.02 Å². The van der Waals surface area contributed by atoms with E-state index in [4.69, 9.17) is 52.2 Å². The first-order valence-corrected chi connectivity index (χ1v) is 8.94. The maximum absolute atomic E-state index is 6.27. The molecule has 1 aliphatic heterocycles. The number of benzene rings is 1. The van der Waals surface area contributed by atoms with Crippen molar-refractivity contribution in [2.24, 2.45) is 5.84 Å². The average molecular weight is 423 g/mol. The number of para-hydroxylation sites is 1. The van der Waals surface area contributed by atoms with Gasteiger partial charge in [0, 0.05) is 26.2 Å². The number of alkyl halides is 3. The lowest BCUT2D eigenvalue weighted by molar-refractivity contribution is 0.636. The summed E-state index contributed by atoms with van der Waals surface area (Å²) in [5.74, 6) is 5.96. The zero-order chi connectivity index (χ0) is 18.0. The van der Waals surface area contributed by atoms with Gasteiger partial charge in [0.15, 0.2) is 5.82 Å². The second kappa shape index (κ2) is 7.55. The Kier molecular flexibility index (Phi) is 5.60. The molecule has 2 aromatic rings. The highest BCUT2D eigenvalue weighted by Crippen LogP contribution is 2.36. The summed E-state index contributed by atoms with van der Waals surface area (Å²) < 4.78 is -1.76. The summed E-state index contributed by atoms with van der Waals surface area (Å²) in [6.07, 6.45) is 0. The molecule has 1 aliphatic rings. The molecule has 0 amide bonds. The molecule has 0 spiro atoms. The summed E-state index contributed by atoms with van der Waals surface area (Å²) in [7, 11) is 0. The third kappa shape index (κ3) is 4.30. The Balaban J connectivity index is 1.78. The van der Waals surface area contributed by atoms with Crippen molar-refractivity contribution in [2.75, 3.05) is 41.4 Å². The Bertz CT molecular complexity index is 744. The standard InChI is InChI=1S/C14H15Cl4N7/c15-9-3-1-2-4-10(9)24-5-7-25(8-6-24)13-21-11(14(16,17)18)20-12(22-13)23-19/h1-4H,5-8,19H2,(H,20,21,22,23). The Morgan fingerprint density at radius 3 is 2.20 bits per heavy atom. The SMILES string of the molecule is NNc1nc(N2CCN(c3ccccc3Cl)CC2)nc(C(Cl)(Cl)Cl)n1. The molecule has 0 saturated carbocycles. The molecule has 1 aromatic heterocycles. The van der Waals surface area contributed by atoms with Gasteiger partial charge in [-0.25, -0.2) is 5.84 Å². The first-order valence-electron chi connectivity index (χ1n) is 7.43. The highest BCUT2D eigenvalue weighted by molar-refractivity contribution is 6.66. The maximum Gasteiger partial charge on any atom is 0.250 e. The molecular weight excluding hydrogens is 408 g/mol. The number of nitrogens with one attached hydrogen (secondary N) is 1. The van der Waals surface area contributed by atoms with E-state index >= 15 is 0 Å². The normalized spacial score (nSPS) is 15.4. The molecule has 1 saturated heterocycles. The van der Waals surface area contributed by atoms with E-state index in [2.05, 4.69) is 25.3 Å². The van der Waals surface area contributed by atoms with Gasteiger partial charge in [-0.15, -0.1) is 0 Å². The summed E-state index contributed by atoms with van der Waals surface area (Å²) in [5, 5.41) is 0.726. The number of hydrogen-bond donors (Lipinski definition) is 2. The van der Waals surface area contributed by atoms with Gasteiger partial charge in [-0.3, -0.25) is 5.43 Å². The van der Waals surface area contributed by atoms with Crippen molar-refractivity contribution in [1.82, 2.24) is 15.0 Å². The fraction of sp³-hybridized carbons (Fsp3) is 0.357. The van der Waals surface area contributed by atoms with E-state index < -0.39 is 3.79 Å². The molecule has 3 rings (SSSR count). The number of piperazine rings is 1. The predicted molar refractivity (Wildman–Crippen MR) is 103 cm³/mol. The molecule has 0 radical (unpaired) electrons. The minimum atomic E-state index is -1.76. The molecule has 7 nitrogen and oxygen atoms in total. The number of nitrogen functional groups attached to an aromatic ring is 1. The molecule has 0 atom stereocenters. The van der Waals surface area contributed by atoms with Crippen LogP contribution in [0.25, 0.3) is 0 Å². The van der Waals surface area contributed by atoms with Gasteiger partial charge in [-0.2, -0.15) is 15.0 Å². The molecule has 134 valence electrons. The van der Waals surface area contributed by atoms with Crippen LogP contribution in [-0.4, -0.2) is 41.1 Å². The number of anilines is 3. The van der Waals surface area contributed by atoms with Crippen LogP contribution in [0.4, 0.5) is 17.6 Å². The second-order valence-corrected chi connectivity index (χ2v) is 8.04. The zero-order valence-electron chi connectivity index (χ0n) is 13.0. The molecule has 0 aliphatic carbocycles. The van der Waals surface area contributed by atoms with E-state index in [1.807, 2.05) is 29.2 Å². The van der Waals surface area contributed by atoms with Crippen LogP contribution in [0.1, 0.15) is 5.82 Å². The van der Waals surface area contributed by atoms with E-state index in [1.54, 1.807) is 0 Å². The van der Waals surface area contributed by atoms with E-state index in [0.29, 0.717) is 19.0 Å². The van der Waals surface area contributed by atoms with Gasteiger partial charge in [0.05, 0.1) is 10.7 Å². The quantitative estimate of drug-likeness (QED) is 0.446. The maximum atomic E-state index is 6.27. The number of nitrogens with zero attached hydrogens (tertiary/aromatic N) is 5. The third-order valence-electron chi connectivity index (χ3n) is 3.76. The van der Waals surface area contributed by atoms with Crippen molar-refractivity contribution in [1.29, 1.82) is 0 Å². The Morgan fingerprint density at radius 2 is 1.60 bits per heavy atom. The van der Waals surface area contributed by atoms with Gasteiger partial charge < -0.3 is 9.80 Å². The van der Waals surface area contributed by atoms with Crippen molar-refractivity contribution < 1.29 is 0 Å². The summed E-state index contributed by atoms with van der Waals surface area (Å²) in [4.78, 5) is 16.7. The molecule has 0 bridgehead atoms. The third-order valence-corrected chi connectivity index (χ3v) is 4.59. The summed E-state index contributed by atoms with van der Waals surface area (Å²) in [6, 6.07) is 7.75. The molecule has 11 heteroatoms.